The molecule has 1 aromatic carbocycles. The van der Waals surface area contributed by atoms with Gasteiger partial charge in [-0.3, -0.25) is 5.84 Å². The molecule has 2 aromatic rings. The molecule has 4 N–H and O–H groups in total. The molecule has 182 valence electrons. The van der Waals surface area contributed by atoms with Crippen LogP contribution in [0.4, 0.5) is 17.5 Å². The van der Waals surface area contributed by atoms with Crippen LogP contribution in [-0.4, -0.2) is 72.9 Å². The molecule has 0 radical (unpaired) electrons. The smallest absolute Gasteiger partial charge is 0.229 e. The third kappa shape index (κ3) is 8.68. The summed E-state index contributed by atoms with van der Waals surface area (Å²) in [6.45, 7) is 8.84. The van der Waals surface area contributed by atoms with Crippen LogP contribution in [-0.2, 0) is 0 Å². The van der Waals surface area contributed by atoms with E-state index in [0.717, 1.165) is 68.4 Å². The Morgan fingerprint density at radius 3 is 2.76 bits per heavy atom. The molecule has 0 atom stereocenters. The van der Waals surface area contributed by atoms with Crippen molar-refractivity contribution < 1.29 is 9.47 Å². The zero-order valence-corrected chi connectivity index (χ0v) is 20.1. The first kappa shape index (κ1) is 25.0. The van der Waals surface area contributed by atoms with Gasteiger partial charge in [0.25, 0.3) is 0 Å². The maximum atomic E-state index is 6.03. The average molecular weight is 458 g/mol. The van der Waals surface area contributed by atoms with Crippen molar-refractivity contribution in [3.63, 3.8) is 0 Å². The maximum Gasteiger partial charge on any atom is 0.229 e. The highest BCUT2D eigenvalue weighted by molar-refractivity contribution is 5.60. The normalized spacial score (nSPS) is 13.9. The number of rotatable bonds is 15. The Balaban J connectivity index is 1.49. The number of aromatic nitrogens is 2. The van der Waals surface area contributed by atoms with Crippen LogP contribution in [0.25, 0.3) is 0 Å². The Kier molecular flexibility index (Phi) is 10.5. The van der Waals surface area contributed by atoms with E-state index in [-0.39, 0.29) is 0 Å². The van der Waals surface area contributed by atoms with Gasteiger partial charge in [-0.05, 0) is 63.4 Å². The lowest BCUT2D eigenvalue weighted by atomic mass is 10.2. The van der Waals surface area contributed by atoms with E-state index < -0.39 is 0 Å². The molecule has 33 heavy (non-hydrogen) atoms. The van der Waals surface area contributed by atoms with Crippen molar-refractivity contribution in [3.8, 4) is 11.5 Å². The van der Waals surface area contributed by atoms with Gasteiger partial charge in [0.2, 0.25) is 5.95 Å². The van der Waals surface area contributed by atoms with E-state index in [1.165, 1.54) is 25.9 Å². The van der Waals surface area contributed by atoms with Crippen molar-refractivity contribution >= 4 is 17.5 Å². The van der Waals surface area contributed by atoms with Crippen LogP contribution in [0.2, 0.25) is 0 Å². The van der Waals surface area contributed by atoms with Gasteiger partial charge in [-0.2, -0.15) is 4.98 Å². The monoisotopic (exact) mass is 457 g/mol. The standard InChI is InChI=1S/C24H39N7O2/c1-3-13-31(25)17-6-11-26-23-10-12-27-24(29-23)28-20-8-9-21(32-2)22(19-20)33-18-7-16-30-14-4-5-15-30/h8-10,12,19H,3-7,11,13-18,25H2,1-2H3,(H2,26,27,28,29). The predicted octanol–water partition coefficient (Wildman–Crippen LogP) is 3.48. The predicted molar refractivity (Wildman–Crippen MR) is 133 cm³/mol. The molecule has 0 amide bonds. The highest BCUT2D eigenvalue weighted by atomic mass is 16.5. The summed E-state index contributed by atoms with van der Waals surface area (Å²) in [5, 5.41) is 8.45. The highest BCUT2D eigenvalue weighted by Gasteiger charge is 2.12. The molecule has 0 aliphatic carbocycles. The molecule has 0 spiro atoms. The molecule has 1 aliphatic rings. The lowest BCUT2D eigenvalue weighted by molar-refractivity contribution is 0.254. The fraction of sp³-hybridized carbons (Fsp3) is 0.583. The summed E-state index contributed by atoms with van der Waals surface area (Å²) in [5.74, 6) is 8.66. The molecule has 1 aromatic heterocycles. The van der Waals surface area contributed by atoms with Crippen LogP contribution in [0, 0.1) is 0 Å². The summed E-state index contributed by atoms with van der Waals surface area (Å²) in [6.07, 6.45) is 7.36. The van der Waals surface area contributed by atoms with Crippen LogP contribution < -0.4 is 25.9 Å². The van der Waals surface area contributed by atoms with Gasteiger partial charge in [-0.1, -0.05) is 6.92 Å². The molecule has 2 heterocycles. The van der Waals surface area contributed by atoms with E-state index in [9.17, 15) is 0 Å². The van der Waals surface area contributed by atoms with Gasteiger partial charge in [0, 0.05) is 44.1 Å². The molecule has 3 rings (SSSR count). The van der Waals surface area contributed by atoms with E-state index in [2.05, 4.69) is 32.4 Å². The minimum atomic E-state index is 0.525. The first-order valence-electron chi connectivity index (χ1n) is 12.0. The van der Waals surface area contributed by atoms with Gasteiger partial charge < -0.3 is 25.0 Å². The van der Waals surface area contributed by atoms with Crippen LogP contribution in [0.15, 0.2) is 30.5 Å². The number of ether oxygens (including phenoxy) is 2. The van der Waals surface area contributed by atoms with E-state index in [1.54, 1.807) is 13.3 Å². The summed E-state index contributed by atoms with van der Waals surface area (Å²) in [5.41, 5.74) is 0.848. The summed E-state index contributed by atoms with van der Waals surface area (Å²) in [6, 6.07) is 7.63. The van der Waals surface area contributed by atoms with Gasteiger partial charge >= 0.3 is 0 Å². The van der Waals surface area contributed by atoms with Crippen LogP contribution in [0.5, 0.6) is 11.5 Å². The number of hydrogen-bond acceptors (Lipinski definition) is 9. The van der Waals surface area contributed by atoms with Crippen molar-refractivity contribution in [1.82, 2.24) is 19.9 Å². The van der Waals surface area contributed by atoms with Crippen molar-refractivity contribution in [2.45, 2.75) is 39.0 Å². The Morgan fingerprint density at radius 1 is 1.12 bits per heavy atom. The number of benzene rings is 1. The Hall–Kier alpha value is -2.62. The van der Waals surface area contributed by atoms with Crippen molar-refractivity contribution in [3.05, 3.63) is 30.5 Å². The SMILES string of the molecule is CCCN(N)CCCNc1ccnc(Nc2ccc(OC)c(OCCCN3CCCC3)c2)n1. The topological polar surface area (TPSA) is 101 Å². The average Bonchev–Trinajstić information content (AvgIpc) is 3.34. The van der Waals surface area contributed by atoms with Crippen LogP contribution in [0.3, 0.4) is 0 Å². The molecule has 0 saturated carbocycles. The number of methoxy groups -OCH3 is 1. The fourth-order valence-corrected chi connectivity index (χ4v) is 3.89. The second kappa shape index (κ2) is 13.8. The lowest BCUT2D eigenvalue weighted by Gasteiger charge is -2.16. The Morgan fingerprint density at radius 2 is 1.97 bits per heavy atom. The molecule has 0 unspecified atom stereocenters. The first-order valence-corrected chi connectivity index (χ1v) is 12.0. The molecule has 0 bridgehead atoms. The largest absolute Gasteiger partial charge is 0.493 e. The summed E-state index contributed by atoms with van der Waals surface area (Å²) >= 11 is 0. The molecule has 1 fully saturated rings. The van der Waals surface area contributed by atoms with Crippen molar-refractivity contribution in [2.75, 3.05) is 63.6 Å². The van der Waals surface area contributed by atoms with Gasteiger partial charge in [0.1, 0.15) is 5.82 Å². The Bertz CT molecular complexity index is 830. The number of nitrogens with two attached hydrogens (primary N) is 1. The van der Waals surface area contributed by atoms with E-state index in [0.29, 0.717) is 12.6 Å². The number of likely N-dealkylation sites (tertiary alicyclic amines) is 1. The van der Waals surface area contributed by atoms with E-state index in [4.69, 9.17) is 15.3 Å². The number of nitrogens with one attached hydrogen (secondary N) is 2. The molecule has 1 aliphatic heterocycles. The first-order chi connectivity index (χ1) is 16.2. The summed E-state index contributed by atoms with van der Waals surface area (Å²) in [7, 11) is 1.66. The van der Waals surface area contributed by atoms with E-state index in [1.807, 2.05) is 29.3 Å². The van der Waals surface area contributed by atoms with Gasteiger partial charge in [-0.25, -0.2) is 9.99 Å². The number of hydrogen-bond donors (Lipinski definition) is 3. The second-order valence-electron chi connectivity index (χ2n) is 8.32. The van der Waals surface area contributed by atoms with Crippen molar-refractivity contribution in [2.24, 2.45) is 5.84 Å². The second-order valence-corrected chi connectivity index (χ2v) is 8.32. The third-order valence-corrected chi connectivity index (χ3v) is 5.59. The van der Waals surface area contributed by atoms with Crippen LogP contribution >= 0.6 is 0 Å². The number of hydrazine groups is 1. The maximum absolute atomic E-state index is 6.03. The molecular formula is C24H39N7O2. The van der Waals surface area contributed by atoms with Crippen molar-refractivity contribution in [1.29, 1.82) is 0 Å². The summed E-state index contributed by atoms with van der Waals surface area (Å²) < 4.78 is 11.5. The highest BCUT2D eigenvalue weighted by Crippen LogP contribution is 2.31. The molecule has 9 heteroatoms. The van der Waals surface area contributed by atoms with Gasteiger partial charge in [0.05, 0.1) is 13.7 Å². The van der Waals surface area contributed by atoms with E-state index >= 15 is 0 Å². The molecule has 9 nitrogen and oxygen atoms in total. The van der Waals surface area contributed by atoms with Gasteiger partial charge in [-0.15, -0.1) is 0 Å². The minimum absolute atomic E-state index is 0.525. The fourth-order valence-electron chi connectivity index (χ4n) is 3.89. The van der Waals surface area contributed by atoms with Gasteiger partial charge in [0.15, 0.2) is 11.5 Å². The summed E-state index contributed by atoms with van der Waals surface area (Å²) in [4.78, 5) is 11.4. The lowest BCUT2D eigenvalue weighted by Crippen LogP contribution is -2.33. The Labute approximate surface area is 197 Å². The number of anilines is 3. The third-order valence-electron chi connectivity index (χ3n) is 5.59. The quantitative estimate of drug-likeness (QED) is 0.211. The number of nitrogens with zero attached hydrogens (tertiary/aromatic N) is 4. The molecule has 1 saturated heterocycles. The molecular weight excluding hydrogens is 418 g/mol. The minimum Gasteiger partial charge on any atom is -0.493 e. The zero-order chi connectivity index (χ0) is 23.3. The van der Waals surface area contributed by atoms with Crippen LogP contribution in [0.1, 0.15) is 39.0 Å². The zero-order valence-electron chi connectivity index (χ0n) is 20.1.